The molecule has 19 heteroatoms. The van der Waals surface area contributed by atoms with Crippen LogP contribution in [0.15, 0.2) is 0 Å². The second-order valence-electron chi connectivity index (χ2n) is 26.9. The Bertz CT molecular complexity index is 1770. The van der Waals surface area contributed by atoms with Gasteiger partial charge in [0.25, 0.3) is 0 Å². The summed E-state index contributed by atoms with van der Waals surface area (Å²) in [7, 11) is -9.90. The van der Waals surface area contributed by atoms with Gasteiger partial charge >= 0.3 is 39.5 Å². The van der Waals surface area contributed by atoms with Crippen LogP contribution in [0, 0.1) is 23.7 Å². The predicted octanol–water partition coefficient (Wildman–Crippen LogP) is 19.7. The number of carbonyl (C=O) groups is 4. The molecular weight excluding hydrogens is 1170 g/mol. The minimum Gasteiger partial charge on any atom is -0.462 e. The highest BCUT2D eigenvalue weighted by atomic mass is 31.2. The molecule has 0 saturated heterocycles. The van der Waals surface area contributed by atoms with Gasteiger partial charge in [-0.2, -0.15) is 0 Å². The summed E-state index contributed by atoms with van der Waals surface area (Å²) < 4.78 is 68.3. The molecule has 6 atom stereocenters. The second-order valence-corrected chi connectivity index (χ2v) is 29.8. The zero-order valence-corrected chi connectivity index (χ0v) is 59.8. The molecule has 0 bridgehead atoms. The van der Waals surface area contributed by atoms with Crippen LogP contribution in [-0.2, 0) is 65.4 Å². The highest BCUT2D eigenvalue weighted by Crippen LogP contribution is 2.45. The van der Waals surface area contributed by atoms with Crippen LogP contribution >= 0.6 is 15.6 Å². The summed E-state index contributed by atoms with van der Waals surface area (Å²) in [5, 5.41) is 10.6. The Morgan fingerprint density at radius 3 is 0.798 bits per heavy atom. The summed E-state index contributed by atoms with van der Waals surface area (Å²) in [5.41, 5.74) is 0. The van der Waals surface area contributed by atoms with Gasteiger partial charge in [0, 0.05) is 25.7 Å². The van der Waals surface area contributed by atoms with E-state index < -0.39 is 97.5 Å². The summed E-state index contributed by atoms with van der Waals surface area (Å²) in [4.78, 5) is 72.5. The van der Waals surface area contributed by atoms with Gasteiger partial charge in [0.15, 0.2) is 12.2 Å². The van der Waals surface area contributed by atoms with Gasteiger partial charge in [0.2, 0.25) is 0 Å². The number of esters is 4. The van der Waals surface area contributed by atoms with Crippen LogP contribution in [0.2, 0.25) is 0 Å². The lowest BCUT2D eigenvalue weighted by Gasteiger charge is -2.21. The number of ether oxygens (including phenoxy) is 4. The van der Waals surface area contributed by atoms with Crippen molar-refractivity contribution in [3.05, 3.63) is 0 Å². The Labute approximate surface area is 543 Å². The van der Waals surface area contributed by atoms with Gasteiger partial charge in [-0.25, -0.2) is 9.13 Å². The van der Waals surface area contributed by atoms with E-state index in [1.165, 1.54) is 148 Å². The van der Waals surface area contributed by atoms with Gasteiger partial charge in [-0.05, 0) is 49.4 Å². The van der Waals surface area contributed by atoms with Crippen molar-refractivity contribution in [1.29, 1.82) is 0 Å². The highest BCUT2D eigenvalue weighted by molar-refractivity contribution is 7.47. The largest absolute Gasteiger partial charge is 0.472 e. The Hall–Kier alpha value is -1.94. The third-order valence-electron chi connectivity index (χ3n) is 16.4. The molecule has 0 aromatic carbocycles. The molecule has 4 unspecified atom stereocenters. The van der Waals surface area contributed by atoms with Crippen molar-refractivity contribution in [2.24, 2.45) is 23.7 Å². The zero-order chi connectivity index (χ0) is 66.1. The summed E-state index contributed by atoms with van der Waals surface area (Å²) in [6.45, 7) is 14.1. The van der Waals surface area contributed by atoms with Crippen molar-refractivity contribution in [2.75, 3.05) is 39.6 Å². The lowest BCUT2D eigenvalue weighted by Crippen LogP contribution is -2.30. The number of hydrogen-bond donors (Lipinski definition) is 3. The Morgan fingerprint density at radius 2 is 0.539 bits per heavy atom. The van der Waals surface area contributed by atoms with Crippen molar-refractivity contribution in [3.8, 4) is 0 Å². The van der Waals surface area contributed by atoms with E-state index >= 15 is 0 Å². The van der Waals surface area contributed by atoms with E-state index in [9.17, 15) is 43.2 Å². The molecule has 0 saturated carbocycles. The molecule has 0 rings (SSSR count). The molecule has 0 heterocycles. The van der Waals surface area contributed by atoms with E-state index in [1.54, 1.807) is 0 Å². The lowest BCUT2D eigenvalue weighted by atomic mass is 10.00. The number of carbonyl (C=O) groups excluding carboxylic acids is 4. The molecular formula is C70H136O17P2. The first-order chi connectivity index (χ1) is 42.6. The van der Waals surface area contributed by atoms with E-state index in [-0.39, 0.29) is 25.7 Å². The smallest absolute Gasteiger partial charge is 0.462 e. The molecule has 0 radical (unpaired) electrons. The molecule has 89 heavy (non-hydrogen) atoms. The summed E-state index contributed by atoms with van der Waals surface area (Å²) >= 11 is 0. The SMILES string of the molecule is CCC(C)CCCCCCCCC(=O)O[C@H](COC(=O)CCCCCCCCCCC(C)C)COP(=O)(O)OCC(O)COP(=O)(O)OC[C@@H](COC(=O)CCCCCCCCCCCCCCC(C)C)OC(=O)CCCCCCCCCCCCC(C)C. The number of unbranched alkanes of at least 4 members (excludes halogenated alkanes) is 32. The molecule has 0 aliphatic rings. The molecule has 0 aliphatic heterocycles. The molecule has 0 spiro atoms. The van der Waals surface area contributed by atoms with Crippen LogP contribution in [0.5, 0.6) is 0 Å². The third kappa shape index (κ3) is 63.2. The summed E-state index contributed by atoms with van der Waals surface area (Å²) in [6.07, 6.45) is 41.7. The average Bonchev–Trinajstić information content (AvgIpc) is 3.60. The van der Waals surface area contributed by atoms with Crippen LogP contribution in [0.3, 0.4) is 0 Å². The van der Waals surface area contributed by atoms with Crippen molar-refractivity contribution < 1.29 is 80.2 Å². The summed E-state index contributed by atoms with van der Waals surface area (Å²) in [5.74, 6) is 0.848. The highest BCUT2D eigenvalue weighted by Gasteiger charge is 2.30. The van der Waals surface area contributed by atoms with Gasteiger partial charge in [0.05, 0.1) is 26.4 Å². The number of phosphoric ester groups is 2. The maximum atomic E-state index is 13.0. The van der Waals surface area contributed by atoms with Crippen molar-refractivity contribution >= 4 is 39.5 Å². The van der Waals surface area contributed by atoms with Crippen molar-refractivity contribution in [1.82, 2.24) is 0 Å². The molecule has 0 aromatic rings. The number of aliphatic hydroxyl groups excluding tert-OH is 1. The molecule has 0 aliphatic carbocycles. The molecule has 0 aromatic heterocycles. The van der Waals surface area contributed by atoms with Crippen LogP contribution in [0.1, 0.15) is 344 Å². The van der Waals surface area contributed by atoms with Gasteiger partial charge < -0.3 is 33.8 Å². The topological polar surface area (TPSA) is 237 Å². The zero-order valence-electron chi connectivity index (χ0n) is 58.1. The van der Waals surface area contributed by atoms with E-state index in [0.717, 1.165) is 114 Å². The maximum Gasteiger partial charge on any atom is 0.472 e. The lowest BCUT2D eigenvalue weighted by molar-refractivity contribution is -0.161. The molecule has 3 N–H and O–H groups in total. The van der Waals surface area contributed by atoms with Crippen LogP contribution in [0.25, 0.3) is 0 Å². The number of hydrogen-bond acceptors (Lipinski definition) is 15. The normalized spacial score (nSPS) is 14.6. The monoisotopic (exact) mass is 1310 g/mol. The molecule has 17 nitrogen and oxygen atoms in total. The Balaban J connectivity index is 5.25. The quantitative estimate of drug-likeness (QED) is 0.0222. The van der Waals surface area contributed by atoms with Crippen LogP contribution in [0.4, 0.5) is 0 Å². The van der Waals surface area contributed by atoms with Crippen LogP contribution in [-0.4, -0.2) is 96.7 Å². The van der Waals surface area contributed by atoms with E-state index in [4.69, 9.17) is 37.0 Å². The summed E-state index contributed by atoms with van der Waals surface area (Å²) in [6, 6.07) is 0. The fourth-order valence-electron chi connectivity index (χ4n) is 10.5. The van der Waals surface area contributed by atoms with Gasteiger partial charge in [0.1, 0.15) is 19.3 Å². The number of rotatable bonds is 67. The van der Waals surface area contributed by atoms with E-state index in [0.29, 0.717) is 25.7 Å². The first kappa shape index (κ1) is 87.1. The van der Waals surface area contributed by atoms with Crippen molar-refractivity contribution in [2.45, 2.75) is 363 Å². The first-order valence-corrected chi connectivity index (χ1v) is 39.2. The first-order valence-electron chi connectivity index (χ1n) is 36.2. The third-order valence-corrected chi connectivity index (χ3v) is 18.3. The van der Waals surface area contributed by atoms with Gasteiger partial charge in [-0.3, -0.25) is 37.3 Å². The molecule has 528 valence electrons. The number of aliphatic hydroxyl groups is 1. The minimum absolute atomic E-state index is 0.102. The van der Waals surface area contributed by atoms with Gasteiger partial charge in [-0.1, -0.05) is 293 Å². The Kier molecular flexibility index (Phi) is 58.5. The second kappa shape index (κ2) is 59.8. The maximum absolute atomic E-state index is 13.0. The standard InChI is InChI=1S/C70H136O17P2/c1-9-63(8)49-41-33-28-29-37-45-53-70(75)87-66(57-81-68(73)51-43-35-26-21-20-24-32-40-48-62(6)7)59-85-89(78,79)83-55-64(71)54-82-88(76,77)84-58-65(86-69(74)52-44-36-27-19-15-14-17-23-31-39-47-61(4)5)56-80-67(72)50-42-34-25-18-13-11-10-12-16-22-30-38-46-60(2)3/h60-66,71H,9-59H2,1-8H3,(H,76,77)(H,78,79)/t63?,64?,65-,66-/m1/s1. The predicted molar refractivity (Wildman–Crippen MR) is 358 cm³/mol. The van der Waals surface area contributed by atoms with Crippen molar-refractivity contribution in [3.63, 3.8) is 0 Å². The van der Waals surface area contributed by atoms with E-state index in [1.807, 2.05) is 0 Å². The van der Waals surface area contributed by atoms with Crippen LogP contribution < -0.4 is 0 Å². The van der Waals surface area contributed by atoms with Gasteiger partial charge in [-0.15, -0.1) is 0 Å². The average molecular weight is 1310 g/mol. The van der Waals surface area contributed by atoms with E-state index in [2.05, 4.69) is 55.4 Å². The molecule has 0 fully saturated rings. The fraction of sp³-hybridized carbons (Fsp3) is 0.943. The minimum atomic E-state index is -4.95. The number of phosphoric acid groups is 2. The Morgan fingerprint density at radius 1 is 0.315 bits per heavy atom. The fourth-order valence-corrected chi connectivity index (χ4v) is 12.0. The molecule has 0 amide bonds.